The zero-order chi connectivity index (χ0) is 20.8. The summed E-state index contributed by atoms with van der Waals surface area (Å²) in [6.07, 6.45) is 1.38. The molecule has 1 heterocycles. The maximum absolute atomic E-state index is 13.0. The van der Waals surface area contributed by atoms with Gasteiger partial charge >= 0.3 is 12.1 Å². The van der Waals surface area contributed by atoms with Gasteiger partial charge in [-0.15, -0.1) is 6.58 Å². The van der Waals surface area contributed by atoms with E-state index >= 15 is 0 Å². The lowest BCUT2D eigenvalue weighted by molar-refractivity contribution is -0.151. The molecular formula is C19H32N2O6. The summed E-state index contributed by atoms with van der Waals surface area (Å²) in [5.74, 6) is -1.54. The van der Waals surface area contributed by atoms with E-state index < -0.39 is 35.7 Å². The lowest BCUT2D eigenvalue weighted by atomic mass is 9.88. The van der Waals surface area contributed by atoms with Crippen LogP contribution in [0.15, 0.2) is 12.7 Å². The molecule has 1 fully saturated rings. The van der Waals surface area contributed by atoms with Crippen molar-refractivity contribution in [2.45, 2.75) is 58.7 Å². The van der Waals surface area contributed by atoms with Gasteiger partial charge < -0.3 is 24.8 Å². The number of hydrogen-bond donors (Lipinski definition) is 2. The van der Waals surface area contributed by atoms with Crippen molar-refractivity contribution in [3.8, 4) is 0 Å². The molecule has 8 nitrogen and oxygen atoms in total. The Hall–Kier alpha value is -2.09. The van der Waals surface area contributed by atoms with Crippen LogP contribution in [0.1, 0.15) is 41.0 Å². The second-order valence-corrected chi connectivity index (χ2v) is 8.04. The van der Waals surface area contributed by atoms with E-state index in [9.17, 15) is 19.5 Å². The highest BCUT2D eigenvalue weighted by Crippen LogP contribution is 2.31. The van der Waals surface area contributed by atoms with Crippen LogP contribution in [0.4, 0.5) is 4.79 Å². The summed E-state index contributed by atoms with van der Waals surface area (Å²) in [6.45, 7) is 13.0. The molecule has 1 saturated heterocycles. The van der Waals surface area contributed by atoms with E-state index in [4.69, 9.17) is 9.47 Å². The van der Waals surface area contributed by atoms with Crippen molar-refractivity contribution in [1.29, 1.82) is 0 Å². The molecule has 0 bridgehead atoms. The smallest absolute Gasteiger partial charge is 0.408 e. The minimum absolute atomic E-state index is 0.0979. The lowest BCUT2D eigenvalue weighted by Crippen LogP contribution is -2.55. The van der Waals surface area contributed by atoms with Crippen LogP contribution in [0, 0.1) is 11.8 Å². The lowest BCUT2D eigenvalue weighted by Gasteiger charge is -2.30. The first kappa shape index (κ1) is 23.0. The van der Waals surface area contributed by atoms with E-state index in [1.54, 1.807) is 20.8 Å². The monoisotopic (exact) mass is 384 g/mol. The number of hydrogen-bond acceptors (Lipinski definition) is 5. The van der Waals surface area contributed by atoms with E-state index in [1.807, 2.05) is 13.8 Å². The average molecular weight is 384 g/mol. The largest absolute Gasteiger partial charge is 0.480 e. The molecular weight excluding hydrogens is 352 g/mol. The van der Waals surface area contributed by atoms with Gasteiger partial charge in [0.15, 0.2) is 0 Å². The van der Waals surface area contributed by atoms with Gasteiger partial charge in [-0.05, 0) is 39.0 Å². The molecule has 0 saturated carbocycles. The highest BCUT2D eigenvalue weighted by atomic mass is 16.6. The first-order chi connectivity index (χ1) is 12.5. The van der Waals surface area contributed by atoms with Gasteiger partial charge in [-0.3, -0.25) is 4.79 Å². The molecule has 0 spiro atoms. The van der Waals surface area contributed by atoms with E-state index in [-0.39, 0.29) is 25.0 Å². The number of nitrogens with one attached hydrogen (secondary N) is 1. The van der Waals surface area contributed by atoms with Gasteiger partial charge in [-0.1, -0.05) is 19.9 Å². The molecule has 3 atom stereocenters. The number of carboxylic acid groups (broad SMARTS) is 1. The molecule has 0 aromatic heterocycles. The van der Waals surface area contributed by atoms with Crippen LogP contribution in [0.3, 0.4) is 0 Å². The Bertz CT molecular complexity index is 555. The Kier molecular flexibility index (Phi) is 8.27. The van der Waals surface area contributed by atoms with Gasteiger partial charge in [0, 0.05) is 6.54 Å². The summed E-state index contributed by atoms with van der Waals surface area (Å²) in [5, 5.41) is 12.1. The first-order valence-corrected chi connectivity index (χ1v) is 9.19. The number of carboxylic acids is 1. The van der Waals surface area contributed by atoms with Crippen molar-refractivity contribution in [3.63, 3.8) is 0 Å². The van der Waals surface area contributed by atoms with Gasteiger partial charge in [0.05, 0.1) is 13.2 Å². The van der Waals surface area contributed by atoms with Crippen molar-refractivity contribution in [1.82, 2.24) is 10.2 Å². The molecule has 1 aliphatic rings. The third kappa shape index (κ3) is 6.86. The van der Waals surface area contributed by atoms with E-state index in [0.717, 1.165) is 0 Å². The maximum atomic E-state index is 13.0. The maximum Gasteiger partial charge on any atom is 0.408 e. The molecule has 1 rings (SSSR count). The number of nitrogens with zero attached hydrogens (tertiary/aromatic N) is 1. The number of rotatable bonds is 8. The van der Waals surface area contributed by atoms with E-state index in [2.05, 4.69) is 11.9 Å². The zero-order valence-electron chi connectivity index (χ0n) is 16.9. The van der Waals surface area contributed by atoms with Crippen molar-refractivity contribution < 1.29 is 29.0 Å². The van der Waals surface area contributed by atoms with E-state index in [1.165, 1.54) is 11.0 Å². The molecule has 2 amide bonds. The van der Waals surface area contributed by atoms with Crippen LogP contribution < -0.4 is 5.32 Å². The number of aliphatic carboxylic acids is 1. The second-order valence-electron chi connectivity index (χ2n) is 8.04. The number of likely N-dealkylation sites (tertiary alicyclic amines) is 1. The van der Waals surface area contributed by atoms with E-state index in [0.29, 0.717) is 13.0 Å². The molecule has 8 heteroatoms. The van der Waals surface area contributed by atoms with Crippen LogP contribution in [-0.2, 0) is 19.1 Å². The molecule has 154 valence electrons. The molecule has 0 aromatic carbocycles. The fourth-order valence-corrected chi connectivity index (χ4v) is 3.17. The topological polar surface area (TPSA) is 105 Å². The minimum Gasteiger partial charge on any atom is -0.480 e. The Morgan fingerprint density at radius 3 is 2.44 bits per heavy atom. The number of ether oxygens (including phenoxy) is 2. The summed E-state index contributed by atoms with van der Waals surface area (Å²) in [5.41, 5.74) is -0.723. The van der Waals surface area contributed by atoms with Gasteiger partial charge in [-0.2, -0.15) is 0 Å². The van der Waals surface area contributed by atoms with Gasteiger partial charge in [0.2, 0.25) is 5.91 Å². The van der Waals surface area contributed by atoms with Crippen LogP contribution in [0.2, 0.25) is 0 Å². The fourth-order valence-electron chi connectivity index (χ4n) is 3.17. The van der Waals surface area contributed by atoms with Crippen molar-refractivity contribution in [3.05, 3.63) is 12.7 Å². The molecule has 0 aromatic rings. The number of carbonyl (C=O) groups excluding carboxylic acids is 2. The highest BCUT2D eigenvalue weighted by molar-refractivity contribution is 5.90. The summed E-state index contributed by atoms with van der Waals surface area (Å²) < 4.78 is 10.6. The predicted molar refractivity (Wildman–Crippen MR) is 100 cm³/mol. The molecule has 0 aliphatic carbocycles. The molecule has 2 N–H and O–H groups in total. The van der Waals surface area contributed by atoms with Gasteiger partial charge in [0.1, 0.15) is 17.7 Å². The third-order valence-corrected chi connectivity index (χ3v) is 4.35. The average Bonchev–Trinajstić information content (AvgIpc) is 2.97. The molecule has 27 heavy (non-hydrogen) atoms. The van der Waals surface area contributed by atoms with Crippen LogP contribution in [0.5, 0.6) is 0 Å². The molecule has 0 radical (unpaired) electrons. The normalized spacial score (nSPS) is 21.0. The Morgan fingerprint density at radius 2 is 1.96 bits per heavy atom. The molecule has 0 unspecified atom stereocenters. The van der Waals surface area contributed by atoms with Crippen LogP contribution in [-0.4, -0.2) is 65.4 Å². The zero-order valence-corrected chi connectivity index (χ0v) is 16.9. The Labute approximate surface area is 160 Å². The van der Waals surface area contributed by atoms with Crippen molar-refractivity contribution in [2.75, 3.05) is 19.8 Å². The number of alkyl carbamates (subject to hydrolysis) is 1. The number of amides is 2. The number of carbonyl (C=O) groups is 3. The first-order valence-electron chi connectivity index (χ1n) is 9.19. The highest BCUT2D eigenvalue weighted by Gasteiger charge is 2.45. The van der Waals surface area contributed by atoms with Gasteiger partial charge in [0.25, 0.3) is 0 Å². The van der Waals surface area contributed by atoms with Crippen LogP contribution >= 0.6 is 0 Å². The van der Waals surface area contributed by atoms with Crippen molar-refractivity contribution >= 4 is 18.0 Å². The summed E-state index contributed by atoms with van der Waals surface area (Å²) >= 11 is 0. The standard InChI is InChI=1S/C19H32N2O6/c1-7-10-26-11-14(20-18(25)27-19(4,5)6)16(22)21-9-8-13(12(2)3)15(21)17(23)24/h7,12-15H,1,8-11H2,2-6H3,(H,20,25)(H,23,24)/t13-,14+,15+/m1/s1. The third-order valence-electron chi connectivity index (χ3n) is 4.35. The van der Waals surface area contributed by atoms with Crippen LogP contribution in [0.25, 0.3) is 0 Å². The SMILES string of the molecule is C=CCOC[C@H](NC(=O)OC(C)(C)C)C(=O)N1CC[C@H](C(C)C)[C@H]1C(=O)O. The summed E-state index contributed by atoms with van der Waals surface area (Å²) in [7, 11) is 0. The van der Waals surface area contributed by atoms with Crippen molar-refractivity contribution in [2.24, 2.45) is 11.8 Å². The summed E-state index contributed by atoms with van der Waals surface area (Å²) in [4.78, 5) is 38.2. The Morgan fingerprint density at radius 1 is 1.33 bits per heavy atom. The second kappa shape index (κ2) is 9.73. The van der Waals surface area contributed by atoms with Gasteiger partial charge in [-0.25, -0.2) is 9.59 Å². The fraction of sp³-hybridized carbons (Fsp3) is 0.737. The minimum atomic E-state index is -1.04. The molecule has 1 aliphatic heterocycles. The quantitative estimate of drug-likeness (QED) is 0.490. The predicted octanol–water partition coefficient (Wildman–Crippen LogP) is 2.04. The Balaban J connectivity index is 2.95. The summed E-state index contributed by atoms with van der Waals surface area (Å²) in [6, 6.07) is -1.95.